The molecule has 2 aliphatic rings. The fourth-order valence-electron chi connectivity index (χ4n) is 4.22. The van der Waals surface area contributed by atoms with Gasteiger partial charge in [-0.1, -0.05) is 20.8 Å². The molecule has 0 aromatic carbocycles. The first-order valence-corrected chi connectivity index (χ1v) is 9.05. The molecule has 0 amide bonds. The van der Waals surface area contributed by atoms with Crippen LogP contribution in [0.1, 0.15) is 72.1 Å². The molecular formula is C18H35NO. The van der Waals surface area contributed by atoms with E-state index in [9.17, 15) is 0 Å². The minimum absolute atomic E-state index is 0.558. The lowest BCUT2D eigenvalue weighted by molar-refractivity contribution is 0.0937. The van der Waals surface area contributed by atoms with Gasteiger partial charge in [-0.25, -0.2) is 0 Å². The molecule has 118 valence electrons. The Bertz CT molecular complexity index is 252. The molecule has 0 aromatic heterocycles. The SMILES string of the molecule is CCNC(CCC1CCCO1)C1CCC(C(C)C)CC1. The van der Waals surface area contributed by atoms with E-state index in [1.165, 1.54) is 51.4 Å². The third-order valence-corrected chi connectivity index (χ3v) is 5.62. The van der Waals surface area contributed by atoms with E-state index in [1.807, 2.05) is 0 Å². The lowest BCUT2D eigenvalue weighted by Gasteiger charge is -2.36. The van der Waals surface area contributed by atoms with E-state index < -0.39 is 0 Å². The highest BCUT2D eigenvalue weighted by Gasteiger charge is 2.29. The van der Waals surface area contributed by atoms with Gasteiger partial charge < -0.3 is 10.1 Å². The quantitative estimate of drug-likeness (QED) is 0.747. The summed E-state index contributed by atoms with van der Waals surface area (Å²) in [5, 5.41) is 3.76. The highest BCUT2D eigenvalue weighted by atomic mass is 16.5. The smallest absolute Gasteiger partial charge is 0.0576 e. The Hall–Kier alpha value is -0.0800. The van der Waals surface area contributed by atoms with Crippen LogP contribution in [0.5, 0.6) is 0 Å². The molecule has 1 aliphatic heterocycles. The van der Waals surface area contributed by atoms with Crippen LogP contribution in [0, 0.1) is 17.8 Å². The topological polar surface area (TPSA) is 21.3 Å². The van der Waals surface area contributed by atoms with Crippen molar-refractivity contribution < 1.29 is 4.74 Å². The maximum atomic E-state index is 5.79. The number of rotatable bonds is 7. The van der Waals surface area contributed by atoms with Crippen molar-refractivity contribution in [1.29, 1.82) is 0 Å². The molecule has 2 unspecified atom stereocenters. The van der Waals surface area contributed by atoms with Crippen molar-refractivity contribution in [1.82, 2.24) is 5.32 Å². The van der Waals surface area contributed by atoms with E-state index in [0.29, 0.717) is 6.10 Å². The standard InChI is InChI=1S/C18H35NO/c1-4-19-18(12-11-17-6-5-13-20-17)16-9-7-15(8-10-16)14(2)3/h14-19H,4-13H2,1-3H3. The highest BCUT2D eigenvalue weighted by Crippen LogP contribution is 2.36. The zero-order valence-electron chi connectivity index (χ0n) is 13.9. The lowest BCUT2D eigenvalue weighted by atomic mass is 9.73. The van der Waals surface area contributed by atoms with Crippen molar-refractivity contribution in [3.05, 3.63) is 0 Å². The van der Waals surface area contributed by atoms with E-state index in [-0.39, 0.29) is 0 Å². The molecule has 1 saturated carbocycles. The Morgan fingerprint density at radius 1 is 1.05 bits per heavy atom. The summed E-state index contributed by atoms with van der Waals surface area (Å²) >= 11 is 0. The summed E-state index contributed by atoms with van der Waals surface area (Å²) in [5.41, 5.74) is 0. The number of nitrogens with one attached hydrogen (secondary N) is 1. The summed E-state index contributed by atoms with van der Waals surface area (Å²) in [6.45, 7) is 9.14. The van der Waals surface area contributed by atoms with E-state index in [0.717, 1.165) is 36.9 Å². The molecule has 2 rings (SSSR count). The zero-order chi connectivity index (χ0) is 14.4. The van der Waals surface area contributed by atoms with Crippen molar-refractivity contribution in [2.45, 2.75) is 84.3 Å². The molecule has 0 radical (unpaired) electrons. The van der Waals surface area contributed by atoms with Gasteiger partial charge in [0.15, 0.2) is 0 Å². The normalized spacial score (nSPS) is 32.7. The predicted octanol–water partition coefficient (Wildman–Crippen LogP) is 4.39. The van der Waals surface area contributed by atoms with Crippen molar-refractivity contribution in [2.75, 3.05) is 13.2 Å². The zero-order valence-corrected chi connectivity index (χ0v) is 13.9. The first-order chi connectivity index (χ1) is 9.70. The van der Waals surface area contributed by atoms with Gasteiger partial charge in [0.2, 0.25) is 0 Å². The van der Waals surface area contributed by atoms with Crippen LogP contribution in [0.3, 0.4) is 0 Å². The molecule has 2 atom stereocenters. The molecule has 1 aliphatic carbocycles. The van der Waals surface area contributed by atoms with Crippen molar-refractivity contribution >= 4 is 0 Å². The van der Waals surface area contributed by atoms with E-state index >= 15 is 0 Å². The lowest BCUT2D eigenvalue weighted by Crippen LogP contribution is -2.39. The maximum Gasteiger partial charge on any atom is 0.0576 e. The molecule has 2 heteroatoms. The van der Waals surface area contributed by atoms with Gasteiger partial charge in [-0.3, -0.25) is 0 Å². The molecule has 20 heavy (non-hydrogen) atoms. The Morgan fingerprint density at radius 2 is 1.75 bits per heavy atom. The average Bonchev–Trinajstić information content (AvgIpc) is 2.97. The summed E-state index contributed by atoms with van der Waals surface area (Å²) in [4.78, 5) is 0. The highest BCUT2D eigenvalue weighted by molar-refractivity contribution is 4.83. The minimum atomic E-state index is 0.558. The van der Waals surface area contributed by atoms with Crippen LogP contribution < -0.4 is 5.32 Å². The second-order valence-electron chi connectivity index (χ2n) is 7.30. The van der Waals surface area contributed by atoms with Gasteiger partial charge in [-0.15, -0.1) is 0 Å². The summed E-state index contributed by atoms with van der Waals surface area (Å²) in [7, 11) is 0. The van der Waals surface area contributed by atoms with Gasteiger partial charge in [0.1, 0.15) is 0 Å². The van der Waals surface area contributed by atoms with Crippen molar-refractivity contribution in [3.63, 3.8) is 0 Å². The largest absolute Gasteiger partial charge is 0.378 e. The number of hydrogen-bond acceptors (Lipinski definition) is 2. The summed E-state index contributed by atoms with van der Waals surface area (Å²) in [6.07, 6.45) is 11.5. The fourth-order valence-corrected chi connectivity index (χ4v) is 4.22. The van der Waals surface area contributed by atoms with Crippen LogP contribution >= 0.6 is 0 Å². The van der Waals surface area contributed by atoms with Crippen molar-refractivity contribution in [2.24, 2.45) is 17.8 Å². The molecule has 2 nitrogen and oxygen atoms in total. The first-order valence-electron chi connectivity index (χ1n) is 9.05. The maximum absolute atomic E-state index is 5.79. The summed E-state index contributed by atoms with van der Waals surface area (Å²) in [6, 6.07) is 0.734. The Kier molecular flexibility index (Phi) is 6.83. The Balaban J connectivity index is 1.76. The van der Waals surface area contributed by atoms with Crippen LogP contribution in [-0.2, 0) is 4.74 Å². The second kappa shape index (κ2) is 8.38. The van der Waals surface area contributed by atoms with Crippen LogP contribution in [0.2, 0.25) is 0 Å². The third kappa shape index (κ3) is 4.73. The van der Waals surface area contributed by atoms with Gasteiger partial charge in [0.05, 0.1) is 6.10 Å². The van der Waals surface area contributed by atoms with Gasteiger partial charge in [0, 0.05) is 12.6 Å². The molecule has 0 spiro atoms. The molecule has 1 N–H and O–H groups in total. The average molecular weight is 281 g/mol. The van der Waals surface area contributed by atoms with Gasteiger partial charge in [0.25, 0.3) is 0 Å². The Labute approximate surface area is 126 Å². The first kappa shape index (κ1) is 16.3. The van der Waals surface area contributed by atoms with Gasteiger partial charge in [-0.05, 0) is 75.7 Å². The van der Waals surface area contributed by atoms with Crippen LogP contribution in [0.15, 0.2) is 0 Å². The van der Waals surface area contributed by atoms with E-state index in [1.54, 1.807) is 0 Å². The summed E-state index contributed by atoms with van der Waals surface area (Å²) in [5.74, 6) is 2.76. The molecule has 1 saturated heterocycles. The van der Waals surface area contributed by atoms with Crippen LogP contribution in [0.25, 0.3) is 0 Å². The minimum Gasteiger partial charge on any atom is -0.378 e. The van der Waals surface area contributed by atoms with Crippen molar-refractivity contribution in [3.8, 4) is 0 Å². The molecule has 1 heterocycles. The number of hydrogen-bond donors (Lipinski definition) is 1. The fraction of sp³-hybridized carbons (Fsp3) is 1.00. The monoisotopic (exact) mass is 281 g/mol. The van der Waals surface area contributed by atoms with Crippen LogP contribution in [0.4, 0.5) is 0 Å². The molecule has 0 bridgehead atoms. The molecule has 2 fully saturated rings. The van der Waals surface area contributed by atoms with Crippen LogP contribution in [-0.4, -0.2) is 25.3 Å². The number of ether oxygens (including phenoxy) is 1. The summed E-state index contributed by atoms with van der Waals surface area (Å²) < 4.78 is 5.79. The van der Waals surface area contributed by atoms with E-state index in [4.69, 9.17) is 4.74 Å². The predicted molar refractivity (Wildman–Crippen MR) is 86.0 cm³/mol. The molecule has 0 aromatic rings. The molecular weight excluding hydrogens is 246 g/mol. The van der Waals surface area contributed by atoms with Gasteiger partial charge >= 0.3 is 0 Å². The van der Waals surface area contributed by atoms with Gasteiger partial charge in [-0.2, -0.15) is 0 Å². The van der Waals surface area contributed by atoms with E-state index in [2.05, 4.69) is 26.1 Å². The third-order valence-electron chi connectivity index (χ3n) is 5.62. The Morgan fingerprint density at radius 3 is 2.30 bits per heavy atom. The second-order valence-corrected chi connectivity index (χ2v) is 7.30.